The molecule has 0 atom stereocenters. The maximum absolute atomic E-state index is 5.01. The number of alkyl halides is 1. The molecular formula is C11H23BrIO-. The second-order valence-electron chi connectivity index (χ2n) is 3.61. The van der Waals surface area contributed by atoms with E-state index in [2.05, 4.69) is 12.7 Å². The number of halogens is 2. The van der Waals surface area contributed by atoms with Crippen molar-refractivity contribution in [2.45, 2.75) is 51.4 Å². The van der Waals surface area contributed by atoms with E-state index >= 15 is 0 Å². The molecule has 1 nitrogen and oxygen atoms in total. The van der Waals surface area contributed by atoms with Crippen molar-refractivity contribution >= 4 is 12.7 Å². The molecule has 0 saturated carbocycles. The Morgan fingerprint density at radius 2 is 1.36 bits per heavy atom. The van der Waals surface area contributed by atoms with E-state index in [0.717, 1.165) is 6.61 Å². The molecule has 0 spiro atoms. The Kier molecular flexibility index (Phi) is 15.4. The van der Waals surface area contributed by atoms with Crippen molar-refractivity contribution in [3.8, 4) is 0 Å². The van der Waals surface area contributed by atoms with E-state index < -0.39 is 0 Å². The minimum atomic E-state index is 0.369. The predicted octanol–water partition coefficient (Wildman–Crippen LogP) is 1.15. The van der Waals surface area contributed by atoms with Gasteiger partial charge in [0.15, 0.2) is 0 Å². The van der Waals surface area contributed by atoms with E-state index in [1.807, 2.05) is 0 Å². The van der Waals surface area contributed by atoms with Gasteiger partial charge in [-0.05, 0) is 0 Å². The normalized spacial score (nSPS) is 11.0. The number of methoxy groups -OCH3 is 1. The molecule has 0 fully saturated rings. The summed E-state index contributed by atoms with van der Waals surface area (Å²) in [4.78, 5) is 0. The van der Waals surface area contributed by atoms with Gasteiger partial charge in [0.25, 0.3) is 0 Å². The first-order valence-corrected chi connectivity index (χ1v) is 12.0. The average molecular weight is 378 g/mol. The van der Waals surface area contributed by atoms with Crippen molar-refractivity contribution < 1.29 is 23.7 Å². The van der Waals surface area contributed by atoms with Gasteiger partial charge in [-0.2, -0.15) is 0 Å². The van der Waals surface area contributed by atoms with Crippen LogP contribution in [0.5, 0.6) is 0 Å². The molecule has 0 N–H and O–H groups in total. The molecule has 0 aliphatic carbocycles. The van der Waals surface area contributed by atoms with Gasteiger partial charge in [-0.1, -0.05) is 0 Å². The Bertz CT molecular complexity index is 89.3. The zero-order valence-electron chi connectivity index (χ0n) is 9.24. The van der Waals surface area contributed by atoms with Gasteiger partial charge in [0.2, 0.25) is 0 Å². The zero-order valence-corrected chi connectivity index (χ0v) is 13.0. The van der Waals surface area contributed by atoms with Gasteiger partial charge in [0.1, 0.15) is 0 Å². The van der Waals surface area contributed by atoms with Crippen LogP contribution in [-0.4, -0.2) is 18.1 Å². The molecule has 0 radical (unpaired) electrons. The van der Waals surface area contributed by atoms with Crippen LogP contribution in [0.15, 0.2) is 0 Å². The van der Waals surface area contributed by atoms with Crippen molar-refractivity contribution in [2.24, 2.45) is 0 Å². The quantitative estimate of drug-likeness (QED) is 0.298. The van der Waals surface area contributed by atoms with E-state index in [1.54, 1.807) is 7.11 Å². The average Bonchev–Trinajstić information content (AvgIpc) is 2.21. The summed E-state index contributed by atoms with van der Waals surface area (Å²) in [5, 5.41) is 0. The summed E-state index contributed by atoms with van der Waals surface area (Å²) >= 11 is 3.94. The number of rotatable bonds is 11. The van der Waals surface area contributed by atoms with Crippen LogP contribution in [0.3, 0.4) is 0 Å². The molecule has 0 rings (SSSR count). The third kappa shape index (κ3) is 13.2. The first-order chi connectivity index (χ1) is 6.91. The monoisotopic (exact) mass is 377 g/mol. The molecule has 0 bridgehead atoms. The Morgan fingerprint density at radius 1 is 0.857 bits per heavy atom. The molecule has 0 aliphatic heterocycles. The molecule has 0 aromatic heterocycles. The van der Waals surface area contributed by atoms with Crippen molar-refractivity contribution in [2.75, 3.05) is 18.1 Å². The molecule has 0 aromatic carbocycles. The molecule has 0 aliphatic rings. The molecular weight excluding hydrogens is 355 g/mol. The van der Waals surface area contributed by atoms with Crippen LogP contribution in [-0.2, 0) is 4.74 Å². The van der Waals surface area contributed by atoms with E-state index in [0.29, 0.717) is 19.0 Å². The van der Waals surface area contributed by atoms with Crippen LogP contribution < -0.4 is 19.0 Å². The van der Waals surface area contributed by atoms with Crippen molar-refractivity contribution in [3.05, 3.63) is 0 Å². The fourth-order valence-corrected chi connectivity index (χ4v) is 3.70. The van der Waals surface area contributed by atoms with Gasteiger partial charge in [-0.3, -0.25) is 0 Å². The number of unbranched alkanes of at least 4 members (excludes halogenated alkanes) is 7. The SMILES string of the molecule is COCCCCCCCCCC[I-]Br. The fourth-order valence-electron chi connectivity index (χ4n) is 1.45. The Morgan fingerprint density at radius 3 is 1.86 bits per heavy atom. The van der Waals surface area contributed by atoms with Gasteiger partial charge in [-0.15, -0.1) is 0 Å². The summed E-state index contributed by atoms with van der Waals surface area (Å²) in [6.07, 6.45) is 11.2. The van der Waals surface area contributed by atoms with Gasteiger partial charge < -0.3 is 0 Å². The third-order valence-electron chi connectivity index (χ3n) is 2.30. The van der Waals surface area contributed by atoms with E-state index in [4.69, 9.17) is 4.74 Å². The zero-order chi connectivity index (χ0) is 10.5. The van der Waals surface area contributed by atoms with Crippen molar-refractivity contribution in [1.82, 2.24) is 0 Å². The summed E-state index contributed by atoms with van der Waals surface area (Å²) in [7, 11) is 1.78. The van der Waals surface area contributed by atoms with E-state index in [1.165, 1.54) is 55.8 Å². The van der Waals surface area contributed by atoms with Crippen LogP contribution in [0.1, 0.15) is 51.4 Å². The topological polar surface area (TPSA) is 9.23 Å². The fraction of sp³-hybridized carbons (Fsp3) is 1.00. The third-order valence-corrected chi connectivity index (χ3v) is 5.48. The summed E-state index contributed by atoms with van der Waals surface area (Å²) in [6, 6.07) is 0. The van der Waals surface area contributed by atoms with Gasteiger partial charge in [0.05, 0.1) is 0 Å². The standard InChI is InChI=1S/C11H23BrIO/c1-14-11-9-7-5-3-2-4-6-8-10-13-12/h2-11H2,1H3/q-1. The van der Waals surface area contributed by atoms with Crippen molar-refractivity contribution in [3.63, 3.8) is 0 Å². The number of hydrogen-bond acceptors (Lipinski definition) is 1. The number of ether oxygens (including phenoxy) is 1. The van der Waals surface area contributed by atoms with Crippen LogP contribution in [0.2, 0.25) is 0 Å². The van der Waals surface area contributed by atoms with Gasteiger partial charge >= 0.3 is 106 Å². The Balaban J connectivity index is 2.78. The van der Waals surface area contributed by atoms with E-state index in [9.17, 15) is 0 Å². The molecule has 88 valence electrons. The number of hydrogen-bond donors (Lipinski definition) is 0. The van der Waals surface area contributed by atoms with Crippen LogP contribution in [0, 0.1) is 0 Å². The van der Waals surface area contributed by atoms with Crippen LogP contribution >= 0.6 is 12.7 Å². The maximum atomic E-state index is 5.01. The second kappa shape index (κ2) is 14.2. The van der Waals surface area contributed by atoms with Crippen LogP contribution in [0.25, 0.3) is 0 Å². The molecule has 14 heavy (non-hydrogen) atoms. The second-order valence-corrected chi connectivity index (χ2v) is 8.11. The molecule has 3 heteroatoms. The Labute approximate surface area is 105 Å². The first kappa shape index (κ1) is 15.2. The molecule has 0 unspecified atom stereocenters. The van der Waals surface area contributed by atoms with Gasteiger partial charge in [-0.25, -0.2) is 0 Å². The molecule has 0 saturated heterocycles. The summed E-state index contributed by atoms with van der Waals surface area (Å²) in [5.74, 6) is 0. The Hall–Kier alpha value is 1.17. The van der Waals surface area contributed by atoms with Crippen molar-refractivity contribution in [1.29, 1.82) is 0 Å². The predicted molar refractivity (Wildman–Crippen MR) is 62.6 cm³/mol. The first-order valence-electron chi connectivity index (χ1n) is 5.61. The molecule has 0 aromatic rings. The van der Waals surface area contributed by atoms with E-state index in [-0.39, 0.29) is 0 Å². The van der Waals surface area contributed by atoms with Gasteiger partial charge in [0, 0.05) is 0 Å². The molecule has 0 amide bonds. The molecule has 0 heterocycles. The van der Waals surface area contributed by atoms with Crippen LogP contribution in [0.4, 0.5) is 0 Å². The summed E-state index contributed by atoms with van der Waals surface area (Å²) in [5.41, 5.74) is 0. The summed E-state index contributed by atoms with van der Waals surface area (Å²) in [6.45, 7) is 0.939. The minimum absolute atomic E-state index is 0.369. The summed E-state index contributed by atoms with van der Waals surface area (Å²) < 4.78 is 6.46.